The Morgan fingerprint density at radius 1 is 1.15 bits per heavy atom. The zero-order chi connectivity index (χ0) is 13.9. The predicted molar refractivity (Wildman–Crippen MR) is 73.7 cm³/mol. The minimum atomic E-state index is -0.463. The van der Waals surface area contributed by atoms with Gasteiger partial charge in [-0.1, -0.05) is 24.3 Å². The molecule has 20 heavy (non-hydrogen) atoms. The van der Waals surface area contributed by atoms with Crippen LogP contribution in [0.15, 0.2) is 42.5 Å². The maximum Gasteiger partial charge on any atom is 0.146 e. The van der Waals surface area contributed by atoms with E-state index >= 15 is 0 Å². The number of anilines is 1. The first-order valence-corrected chi connectivity index (χ1v) is 6.62. The van der Waals surface area contributed by atoms with Gasteiger partial charge in [0.1, 0.15) is 11.6 Å². The largest absolute Gasteiger partial charge is 0.380 e. The fourth-order valence-electron chi connectivity index (χ4n) is 2.48. The van der Waals surface area contributed by atoms with E-state index in [0.717, 1.165) is 30.2 Å². The number of nitrogens with one attached hydrogen (secondary N) is 1. The van der Waals surface area contributed by atoms with Gasteiger partial charge < -0.3 is 10.1 Å². The maximum absolute atomic E-state index is 13.5. The number of halogens is 2. The molecule has 1 atom stereocenters. The van der Waals surface area contributed by atoms with Gasteiger partial charge in [0.05, 0.1) is 18.4 Å². The third-order valence-corrected chi connectivity index (χ3v) is 3.50. The second-order valence-electron chi connectivity index (χ2n) is 4.81. The van der Waals surface area contributed by atoms with Gasteiger partial charge in [-0.05, 0) is 35.7 Å². The quantitative estimate of drug-likeness (QED) is 0.922. The first-order valence-electron chi connectivity index (χ1n) is 6.62. The summed E-state index contributed by atoms with van der Waals surface area (Å²) in [5.41, 5.74) is 2.53. The predicted octanol–water partition coefficient (Wildman–Crippen LogP) is 3.69. The van der Waals surface area contributed by atoms with Gasteiger partial charge in [-0.15, -0.1) is 0 Å². The van der Waals surface area contributed by atoms with Crippen LogP contribution in [-0.2, 0) is 11.2 Å². The molecule has 2 nitrogen and oxygen atoms in total. The van der Waals surface area contributed by atoms with E-state index in [1.165, 1.54) is 5.56 Å². The molecule has 2 aromatic carbocycles. The van der Waals surface area contributed by atoms with Crippen LogP contribution in [-0.4, -0.2) is 13.2 Å². The number of hydrogen-bond donors (Lipinski definition) is 1. The summed E-state index contributed by atoms with van der Waals surface area (Å²) in [4.78, 5) is 0. The first-order chi connectivity index (χ1) is 9.74. The lowest BCUT2D eigenvalue weighted by molar-refractivity contribution is 0.0513. The van der Waals surface area contributed by atoms with Gasteiger partial charge in [-0.2, -0.15) is 0 Å². The molecule has 0 aromatic heterocycles. The van der Waals surface area contributed by atoms with Gasteiger partial charge in [-0.25, -0.2) is 8.78 Å². The van der Waals surface area contributed by atoms with E-state index in [0.29, 0.717) is 13.2 Å². The summed E-state index contributed by atoms with van der Waals surface area (Å²) >= 11 is 0. The molecule has 1 N–H and O–H groups in total. The number of benzene rings is 2. The van der Waals surface area contributed by atoms with Crippen molar-refractivity contribution in [2.24, 2.45) is 0 Å². The van der Waals surface area contributed by atoms with Crippen molar-refractivity contribution < 1.29 is 13.5 Å². The van der Waals surface area contributed by atoms with E-state index in [-0.39, 0.29) is 11.8 Å². The molecule has 0 saturated heterocycles. The van der Waals surface area contributed by atoms with Gasteiger partial charge in [0.15, 0.2) is 0 Å². The van der Waals surface area contributed by atoms with Crippen LogP contribution in [0.3, 0.4) is 0 Å². The van der Waals surface area contributed by atoms with E-state index in [1.54, 1.807) is 0 Å². The highest BCUT2D eigenvalue weighted by Gasteiger charge is 2.20. The Morgan fingerprint density at radius 3 is 2.90 bits per heavy atom. The summed E-state index contributed by atoms with van der Waals surface area (Å²) < 4.78 is 32.4. The second-order valence-corrected chi connectivity index (χ2v) is 4.81. The van der Waals surface area contributed by atoms with Crippen molar-refractivity contribution in [3.8, 4) is 0 Å². The van der Waals surface area contributed by atoms with Crippen molar-refractivity contribution in [3.05, 3.63) is 65.2 Å². The molecule has 0 bridgehead atoms. The summed E-state index contributed by atoms with van der Waals surface area (Å²) in [7, 11) is 0. The van der Waals surface area contributed by atoms with Crippen molar-refractivity contribution in [2.45, 2.75) is 12.5 Å². The molecule has 0 spiro atoms. The Morgan fingerprint density at radius 2 is 2.00 bits per heavy atom. The Balaban J connectivity index is 1.75. The average molecular weight is 275 g/mol. The topological polar surface area (TPSA) is 21.3 Å². The molecule has 1 heterocycles. The first kappa shape index (κ1) is 13.1. The minimum absolute atomic E-state index is 0.136. The Bertz CT molecular complexity index is 615. The molecule has 0 fully saturated rings. The van der Waals surface area contributed by atoms with Crippen molar-refractivity contribution in [1.82, 2.24) is 0 Å². The van der Waals surface area contributed by atoms with Crippen LogP contribution in [0.25, 0.3) is 0 Å². The highest BCUT2D eigenvalue weighted by molar-refractivity contribution is 5.45. The summed E-state index contributed by atoms with van der Waals surface area (Å²) in [6.07, 6.45) is 0.753. The number of rotatable bonds is 3. The molecule has 0 saturated carbocycles. The smallest absolute Gasteiger partial charge is 0.146 e. The Kier molecular flexibility index (Phi) is 3.65. The fourth-order valence-corrected chi connectivity index (χ4v) is 2.48. The molecule has 0 amide bonds. The van der Waals surface area contributed by atoms with Crippen LogP contribution < -0.4 is 5.32 Å². The highest BCUT2D eigenvalue weighted by Crippen LogP contribution is 2.27. The Labute approximate surface area is 116 Å². The zero-order valence-corrected chi connectivity index (χ0v) is 10.9. The minimum Gasteiger partial charge on any atom is -0.380 e. The lowest BCUT2D eigenvalue weighted by atomic mass is 9.97. The second kappa shape index (κ2) is 5.59. The lowest BCUT2D eigenvalue weighted by Crippen LogP contribution is -2.23. The van der Waals surface area contributed by atoms with Gasteiger partial charge in [0.2, 0.25) is 0 Å². The molecule has 4 heteroatoms. The monoisotopic (exact) mass is 275 g/mol. The van der Waals surface area contributed by atoms with E-state index < -0.39 is 11.6 Å². The molecule has 2 aromatic rings. The van der Waals surface area contributed by atoms with E-state index in [2.05, 4.69) is 11.4 Å². The van der Waals surface area contributed by atoms with Crippen molar-refractivity contribution in [1.29, 1.82) is 0 Å². The van der Waals surface area contributed by atoms with E-state index in [9.17, 15) is 8.78 Å². The van der Waals surface area contributed by atoms with Crippen LogP contribution >= 0.6 is 0 Å². The van der Waals surface area contributed by atoms with Gasteiger partial charge >= 0.3 is 0 Å². The lowest BCUT2D eigenvalue weighted by Gasteiger charge is -2.26. The number of hydrogen-bond acceptors (Lipinski definition) is 2. The van der Waals surface area contributed by atoms with Crippen molar-refractivity contribution in [2.75, 3.05) is 18.5 Å². The van der Waals surface area contributed by atoms with Gasteiger partial charge in [0.25, 0.3) is 0 Å². The summed E-state index contributed by atoms with van der Waals surface area (Å²) in [6, 6.07) is 11.4. The summed E-state index contributed by atoms with van der Waals surface area (Å²) in [5, 5.41) is 2.92. The molecule has 0 aliphatic carbocycles. The number of ether oxygens (including phenoxy) is 1. The van der Waals surface area contributed by atoms with Crippen LogP contribution in [0.1, 0.15) is 17.2 Å². The molecule has 3 rings (SSSR count). The highest BCUT2D eigenvalue weighted by atomic mass is 19.1. The zero-order valence-electron chi connectivity index (χ0n) is 10.9. The van der Waals surface area contributed by atoms with E-state index in [1.807, 2.05) is 18.2 Å². The summed E-state index contributed by atoms with van der Waals surface area (Å²) in [6.45, 7) is 1.06. The van der Waals surface area contributed by atoms with E-state index in [4.69, 9.17) is 4.74 Å². The maximum atomic E-state index is 13.5. The number of fused-ring (bicyclic) bond motifs is 1. The van der Waals surface area contributed by atoms with Crippen molar-refractivity contribution >= 4 is 5.69 Å². The van der Waals surface area contributed by atoms with Gasteiger partial charge in [-0.3, -0.25) is 0 Å². The third-order valence-electron chi connectivity index (χ3n) is 3.50. The molecule has 1 aliphatic heterocycles. The third kappa shape index (κ3) is 2.65. The fraction of sp³-hybridized carbons (Fsp3) is 0.250. The normalized spacial score (nSPS) is 17.6. The molecular formula is C16H15F2NO. The van der Waals surface area contributed by atoms with Gasteiger partial charge in [0, 0.05) is 6.54 Å². The Hall–Kier alpha value is -1.94. The molecule has 0 radical (unpaired) electrons. The van der Waals surface area contributed by atoms with Crippen LogP contribution in [0.2, 0.25) is 0 Å². The SMILES string of the molecule is Fc1ccc(F)c(NCC2OCCc3ccccc32)c1. The molecule has 104 valence electrons. The van der Waals surface area contributed by atoms with Crippen molar-refractivity contribution in [3.63, 3.8) is 0 Å². The van der Waals surface area contributed by atoms with Crippen LogP contribution in [0.4, 0.5) is 14.5 Å². The molecule has 1 unspecified atom stereocenters. The standard InChI is InChI=1S/C16H15F2NO/c17-12-5-6-14(18)15(9-12)19-10-16-13-4-2-1-3-11(13)7-8-20-16/h1-6,9,16,19H,7-8,10H2. The summed E-state index contributed by atoms with van der Waals surface area (Å²) in [5.74, 6) is -0.922. The van der Waals surface area contributed by atoms with Crippen LogP contribution in [0, 0.1) is 11.6 Å². The van der Waals surface area contributed by atoms with Crippen LogP contribution in [0.5, 0.6) is 0 Å². The molecular weight excluding hydrogens is 260 g/mol. The average Bonchev–Trinajstić information content (AvgIpc) is 2.48. The molecule has 1 aliphatic rings.